The van der Waals surface area contributed by atoms with Crippen LogP contribution < -0.4 is 0 Å². The minimum absolute atomic E-state index is 0.463. The Hall–Kier alpha value is -9.38. The Balaban J connectivity index is 1.16. The van der Waals surface area contributed by atoms with E-state index in [0.717, 1.165) is 56.2 Å². The molecule has 12 aromatic carbocycles. The second kappa shape index (κ2) is 16.6. The number of benzene rings is 12. The molecule has 0 N–H and O–H groups in total. The normalized spacial score (nSPS) is 16.7. The first-order valence-electron chi connectivity index (χ1n) is 28.2. The Morgan fingerprint density at radius 3 is 1.02 bits per heavy atom. The van der Waals surface area contributed by atoms with Gasteiger partial charge in [-0.15, -0.1) is 0 Å². The van der Waals surface area contributed by atoms with Crippen molar-refractivity contribution in [3.8, 4) is 56.4 Å². The highest BCUT2D eigenvalue weighted by molar-refractivity contribution is 6.17. The van der Waals surface area contributed by atoms with Crippen molar-refractivity contribution in [1.29, 1.82) is 0 Å². The third kappa shape index (κ3) is 5.95. The molecule has 0 aliphatic heterocycles. The number of para-hydroxylation sites is 4. The molecule has 16 rings (SSSR count). The number of aromatic nitrogens is 4. The maximum absolute atomic E-state index is 5.51. The van der Waals surface area contributed by atoms with Crippen LogP contribution >= 0.6 is 0 Å². The summed E-state index contributed by atoms with van der Waals surface area (Å²) in [6.45, 7) is 15.3. The van der Waals surface area contributed by atoms with Gasteiger partial charge in [0.25, 0.3) is 0 Å². The van der Waals surface area contributed by atoms with Crippen LogP contribution in [0.2, 0.25) is 0 Å². The van der Waals surface area contributed by atoms with Crippen LogP contribution in [0.3, 0.4) is 0 Å². The Kier molecular flexibility index (Phi) is 9.68. The molecule has 0 spiro atoms. The van der Waals surface area contributed by atoms with Crippen LogP contribution in [0.25, 0.3) is 122 Å². The van der Waals surface area contributed by atoms with Gasteiger partial charge in [-0.1, -0.05) is 248 Å². The molecular weight excluding hydrogens is 969 g/mol. The van der Waals surface area contributed by atoms with Crippen molar-refractivity contribution in [3.63, 3.8) is 0 Å². The number of hydrogen-bond donors (Lipinski definition) is 0. The lowest BCUT2D eigenvalue weighted by molar-refractivity contribution is 0.0595. The molecule has 14 aromatic rings. The standard InChI is InChI=1S/C76H58N4/c1-73(2,3)75(57-43-41-47-25-13-15-31-51(47)67(57)69-55-35-19-17-33-53(55)65(45-59(69)75)79-63-39-23-21-37-61(63)77-71(79)49-27-9-7-10-28-49)76(74(4,5)6)58-44-42-48-26-14-16-32-52(48)68(58)70-56-36-20-18-34-54(56)66(46-60(70)76)80-64-40-24-22-38-62(64)78-72(80)50-29-11-8-12-30-50/h7-46H,1-6H3. The largest absolute Gasteiger partial charge is 0.292 e. The quantitative estimate of drug-likeness (QED) is 0.172. The molecule has 0 saturated heterocycles. The van der Waals surface area contributed by atoms with Gasteiger partial charge in [-0.05, 0) is 124 Å². The van der Waals surface area contributed by atoms with E-state index < -0.39 is 21.7 Å². The summed E-state index contributed by atoms with van der Waals surface area (Å²) < 4.78 is 4.94. The number of fused-ring (bicyclic) bond motifs is 16. The highest BCUT2D eigenvalue weighted by Gasteiger charge is 2.71. The van der Waals surface area contributed by atoms with Crippen molar-refractivity contribution in [2.75, 3.05) is 0 Å². The van der Waals surface area contributed by atoms with Crippen LogP contribution in [-0.4, -0.2) is 19.1 Å². The van der Waals surface area contributed by atoms with E-state index in [2.05, 4.69) is 293 Å². The summed E-state index contributed by atoms with van der Waals surface area (Å²) in [6.07, 6.45) is 0. The molecule has 0 radical (unpaired) electrons. The molecule has 2 aliphatic carbocycles. The van der Waals surface area contributed by atoms with Gasteiger partial charge in [0.05, 0.1) is 33.4 Å². The van der Waals surface area contributed by atoms with Crippen molar-refractivity contribution in [3.05, 3.63) is 265 Å². The van der Waals surface area contributed by atoms with E-state index in [1.165, 1.54) is 87.6 Å². The SMILES string of the molecule is CC(C)(C)C1(C2(C(C)(C)C)c3ccc4ccccc4c3-c3c2cc(-n2c(-c4ccccc4)nc4ccccc42)c2ccccc32)c2ccc3ccccc3c2-c2c1cc(-n1c(-c3ccccc3)nc3ccccc31)c1ccccc21. The lowest BCUT2D eigenvalue weighted by atomic mass is 9.39. The fourth-order valence-electron chi connectivity index (χ4n) is 15.9. The van der Waals surface area contributed by atoms with E-state index in [1.54, 1.807) is 0 Å². The van der Waals surface area contributed by atoms with E-state index in [-0.39, 0.29) is 0 Å². The summed E-state index contributed by atoms with van der Waals surface area (Å²) in [4.78, 5) is 11.0. The fraction of sp³-hybridized carbons (Fsp3) is 0.132. The van der Waals surface area contributed by atoms with Gasteiger partial charge < -0.3 is 0 Å². The molecule has 0 bridgehead atoms. The van der Waals surface area contributed by atoms with Gasteiger partial charge in [0.2, 0.25) is 0 Å². The second-order valence-corrected chi connectivity index (χ2v) is 24.4. The molecular formula is C76H58N4. The minimum Gasteiger partial charge on any atom is -0.292 e. The molecule has 2 unspecified atom stereocenters. The Labute approximate surface area is 466 Å². The van der Waals surface area contributed by atoms with E-state index in [1.807, 2.05) is 0 Å². The predicted molar refractivity (Wildman–Crippen MR) is 334 cm³/mol. The van der Waals surface area contributed by atoms with Gasteiger partial charge in [0.1, 0.15) is 11.6 Å². The summed E-state index contributed by atoms with van der Waals surface area (Å²) in [5.74, 6) is 1.84. The first kappa shape index (κ1) is 46.7. The lowest BCUT2D eigenvalue weighted by Crippen LogP contribution is -2.62. The van der Waals surface area contributed by atoms with Crippen LogP contribution in [0, 0.1) is 10.8 Å². The average Bonchev–Trinajstić information content (AvgIpc) is 1.88. The van der Waals surface area contributed by atoms with Crippen LogP contribution in [0.1, 0.15) is 63.8 Å². The van der Waals surface area contributed by atoms with E-state index >= 15 is 0 Å². The molecule has 0 fully saturated rings. The molecule has 382 valence electrons. The van der Waals surface area contributed by atoms with Gasteiger partial charge >= 0.3 is 0 Å². The Morgan fingerprint density at radius 1 is 0.300 bits per heavy atom. The maximum Gasteiger partial charge on any atom is 0.145 e. The predicted octanol–water partition coefficient (Wildman–Crippen LogP) is 19.6. The lowest BCUT2D eigenvalue weighted by Gasteiger charge is -2.62. The first-order chi connectivity index (χ1) is 39.0. The zero-order valence-corrected chi connectivity index (χ0v) is 45.9. The van der Waals surface area contributed by atoms with Crippen molar-refractivity contribution in [2.24, 2.45) is 10.8 Å². The van der Waals surface area contributed by atoms with Gasteiger partial charge in [-0.25, -0.2) is 9.97 Å². The smallest absolute Gasteiger partial charge is 0.145 e. The van der Waals surface area contributed by atoms with Crippen LogP contribution in [-0.2, 0) is 10.8 Å². The second-order valence-electron chi connectivity index (χ2n) is 24.4. The number of rotatable bonds is 5. The summed E-state index contributed by atoms with van der Waals surface area (Å²) in [6, 6.07) is 90.8. The summed E-state index contributed by atoms with van der Waals surface area (Å²) in [5.41, 5.74) is 16.6. The zero-order valence-electron chi connectivity index (χ0n) is 45.9. The average molecular weight is 1030 g/mol. The van der Waals surface area contributed by atoms with Crippen molar-refractivity contribution >= 4 is 65.2 Å². The molecule has 2 heterocycles. The van der Waals surface area contributed by atoms with Crippen LogP contribution in [0.5, 0.6) is 0 Å². The van der Waals surface area contributed by atoms with Crippen molar-refractivity contribution in [2.45, 2.75) is 52.4 Å². The molecule has 2 aliphatic rings. The molecule has 4 nitrogen and oxygen atoms in total. The van der Waals surface area contributed by atoms with Gasteiger partial charge in [0.15, 0.2) is 0 Å². The highest BCUT2D eigenvalue weighted by atomic mass is 15.1. The van der Waals surface area contributed by atoms with Gasteiger partial charge in [-0.2, -0.15) is 0 Å². The first-order valence-corrected chi connectivity index (χ1v) is 28.2. The Morgan fingerprint density at radius 2 is 0.625 bits per heavy atom. The monoisotopic (exact) mass is 1030 g/mol. The van der Waals surface area contributed by atoms with E-state index in [4.69, 9.17) is 9.97 Å². The van der Waals surface area contributed by atoms with E-state index in [9.17, 15) is 0 Å². The van der Waals surface area contributed by atoms with Gasteiger partial charge in [0, 0.05) is 32.7 Å². The third-order valence-corrected chi connectivity index (χ3v) is 18.5. The van der Waals surface area contributed by atoms with E-state index in [0.29, 0.717) is 0 Å². The van der Waals surface area contributed by atoms with Crippen LogP contribution in [0.4, 0.5) is 0 Å². The minimum atomic E-state index is -0.767. The number of nitrogens with zero attached hydrogens (tertiary/aromatic N) is 4. The van der Waals surface area contributed by atoms with Crippen LogP contribution in [0.15, 0.2) is 243 Å². The molecule has 4 heteroatoms. The highest BCUT2D eigenvalue weighted by Crippen LogP contribution is 2.77. The number of imidazole rings is 2. The van der Waals surface area contributed by atoms with Gasteiger partial charge in [-0.3, -0.25) is 9.13 Å². The Bertz CT molecular complexity index is 4600. The molecule has 0 saturated carbocycles. The zero-order chi connectivity index (χ0) is 53.9. The fourth-order valence-corrected chi connectivity index (χ4v) is 15.9. The summed E-state index contributed by atoms with van der Waals surface area (Å²) >= 11 is 0. The summed E-state index contributed by atoms with van der Waals surface area (Å²) in [7, 11) is 0. The summed E-state index contributed by atoms with van der Waals surface area (Å²) in [5, 5.41) is 9.85. The van der Waals surface area contributed by atoms with Crippen molar-refractivity contribution in [1.82, 2.24) is 19.1 Å². The molecule has 80 heavy (non-hydrogen) atoms. The molecule has 2 atom stereocenters. The van der Waals surface area contributed by atoms with Crippen molar-refractivity contribution < 1.29 is 0 Å². The maximum atomic E-state index is 5.51. The topological polar surface area (TPSA) is 35.6 Å². The number of hydrogen-bond acceptors (Lipinski definition) is 2. The third-order valence-electron chi connectivity index (χ3n) is 18.5. The molecule has 2 aromatic heterocycles. The molecule has 0 amide bonds.